The fourth-order valence-electron chi connectivity index (χ4n) is 1.99. The van der Waals surface area contributed by atoms with Crippen molar-refractivity contribution < 1.29 is 18.0 Å². The molecular formula is C12H13F3N2O. The summed E-state index contributed by atoms with van der Waals surface area (Å²) in [6, 6.07) is 0.837. The number of piperidine rings is 1. The van der Waals surface area contributed by atoms with Gasteiger partial charge in [0.1, 0.15) is 23.0 Å². The molecule has 1 atom stereocenters. The Hall–Kier alpha value is -1.56. The number of benzene rings is 1. The van der Waals surface area contributed by atoms with Gasteiger partial charge in [0.05, 0.1) is 0 Å². The Morgan fingerprint density at radius 3 is 2.50 bits per heavy atom. The Kier molecular flexibility index (Phi) is 3.86. The van der Waals surface area contributed by atoms with Crippen LogP contribution in [0.25, 0.3) is 0 Å². The first kappa shape index (κ1) is 12.9. The number of nitrogens with one attached hydrogen (secondary N) is 2. The first-order valence-corrected chi connectivity index (χ1v) is 5.74. The standard InChI is InChI=1S/C12H13F3N2O/c13-7-4-9(14)11(10(15)5-7)12(18)17-8-2-1-3-16-6-8/h4-5,8,16H,1-3,6H2,(H,17,18)/t8-/m1/s1. The van der Waals surface area contributed by atoms with Crippen LogP contribution in [0.3, 0.4) is 0 Å². The van der Waals surface area contributed by atoms with Crippen LogP contribution in [0.5, 0.6) is 0 Å². The number of carbonyl (C=O) groups excluding carboxylic acids is 1. The molecule has 1 aromatic carbocycles. The predicted octanol–water partition coefficient (Wildman–Crippen LogP) is 1.59. The van der Waals surface area contributed by atoms with Crippen LogP contribution >= 0.6 is 0 Å². The molecule has 0 radical (unpaired) electrons. The van der Waals surface area contributed by atoms with Gasteiger partial charge in [-0.25, -0.2) is 13.2 Å². The minimum Gasteiger partial charge on any atom is -0.348 e. The molecule has 0 unspecified atom stereocenters. The fraction of sp³-hybridized carbons (Fsp3) is 0.417. The lowest BCUT2D eigenvalue weighted by atomic mass is 10.1. The van der Waals surface area contributed by atoms with Crippen LogP contribution in [0.1, 0.15) is 23.2 Å². The molecule has 1 aromatic rings. The molecule has 0 saturated carbocycles. The molecule has 2 rings (SSSR count). The van der Waals surface area contributed by atoms with E-state index >= 15 is 0 Å². The lowest BCUT2D eigenvalue weighted by Crippen LogP contribution is -2.46. The zero-order valence-electron chi connectivity index (χ0n) is 9.60. The van der Waals surface area contributed by atoms with Crippen LogP contribution in [-0.2, 0) is 0 Å². The van der Waals surface area contributed by atoms with Crippen molar-refractivity contribution in [3.8, 4) is 0 Å². The topological polar surface area (TPSA) is 41.1 Å². The molecule has 0 aliphatic carbocycles. The van der Waals surface area contributed by atoms with Crippen molar-refractivity contribution in [2.24, 2.45) is 0 Å². The summed E-state index contributed by atoms with van der Waals surface area (Å²) in [6.45, 7) is 1.43. The highest BCUT2D eigenvalue weighted by Gasteiger charge is 2.22. The smallest absolute Gasteiger partial charge is 0.257 e. The first-order valence-electron chi connectivity index (χ1n) is 5.74. The molecule has 1 amide bonds. The summed E-state index contributed by atoms with van der Waals surface area (Å²) in [5, 5.41) is 5.60. The Bertz CT molecular complexity index is 436. The average Bonchev–Trinajstić information content (AvgIpc) is 2.28. The van der Waals surface area contributed by atoms with Crippen molar-refractivity contribution in [1.82, 2.24) is 10.6 Å². The van der Waals surface area contributed by atoms with Crippen LogP contribution in [0.4, 0.5) is 13.2 Å². The third-order valence-electron chi connectivity index (χ3n) is 2.87. The van der Waals surface area contributed by atoms with Gasteiger partial charge in [0.15, 0.2) is 0 Å². The Balaban J connectivity index is 2.13. The summed E-state index contributed by atoms with van der Waals surface area (Å²) >= 11 is 0. The number of halogens is 3. The summed E-state index contributed by atoms with van der Waals surface area (Å²) in [4.78, 5) is 11.7. The van der Waals surface area contributed by atoms with Crippen molar-refractivity contribution >= 4 is 5.91 Å². The van der Waals surface area contributed by atoms with E-state index in [0.29, 0.717) is 18.7 Å². The maximum atomic E-state index is 13.4. The number of amides is 1. The van der Waals surface area contributed by atoms with E-state index in [1.54, 1.807) is 0 Å². The van der Waals surface area contributed by atoms with E-state index in [1.165, 1.54) is 0 Å². The molecular weight excluding hydrogens is 245 g/mol. The van der Waals surface area contributed by atoms with Crippen LogP contribution in [0.15, 0.2) is 12.1 Å². The van der Waals surface area contributed by atoms with Gasteiger partial charge < -0.3 is 10.6 Å². The Morgan fingerprint density at radius 1 is 1.28 bits per heavy atom. The SMILES string of the molecule is O=C(N[C@@H]1CCCNC1)c1c(F)cc(F)cc1F. The van der Waals surface area contributed by atoms with Crippen molar-refractivity contribution in [3.63, 3.8) is 0 Å². The van der Waals surface area contributed by atoms with E-state index in [9.17, 15) is 18.0 Å². The molecule has 18 heavy (non-hydrogen) atoms. The largest absolute Gasteiger partial charge is 0.348 e. The zero-order valence-corrected chi connectivity index (χ0v) is 9.60. The molecule has 1 fully saturated rings. The number of rotatable bonds is 2. The van der Waals surface area contributed by atoms with E-state index in [1.807, 2.05) is 0 Å². The molecule has 2 N–H and O–H groups in total. The molecule has 1 aliphatic heterocycles. The molecule has 1 aliphatic rings. The third-order valence-corrected chi connectivity index (χ3v) is 2.87. The number of hydrogen-bond acceptors (Lipinski definition) is 2. The molecule has 0 spiro atoms. The molecule has 6 heteroatoms. The number of carbonyl (C=O) groups is 1. The van der Waals surface area contributed by atoms with Gasteiger partial charge >= 0.3 is 0 Å². The van der Waals surface area contributed by atoms with Crippen molar-refractivity contribution in [3.05, 3.63) is 35.1 Å². The molecule has 0 aromatic heterocycles. The van der Waals surface area contributed by atoms with E-state index in [0.717, 1.165) is 19.4 Å². The molecule has 3 nitrogen and oxygen atoms in total. The second-order valence-corrected chi connectivity index (χ2v) is 4.26. The fourth-order valence-corrected chi connectivity index (χ4v) is 1.99. The van der Waals surface area contributed by atoms with Crippen LogP contribution in [0, 0.1) is 17.5 Å². The summed E-state index contributed by atoms with van der Waals surface area (Å²) in [7, 11) is 0. The molecule has 98 valence electrons. The Labute approximate surface area is 102 Å². The maximum absolute atomic E-state index is 13.4. The van der Waals surface area contributed by atoms with Crippen molar-refractivity contribution in [2.75, 3.05) is 13.1 Å². The van der Waals surface area contributed by atoms with Gasteiger partial charge in [-0.2, -0.15) is 0 Å². The van der Waals surface area contributed by atoms with E-state index in [2.05, 4.69) is 10.6 Å². The van der Waals surface area contributed by atoms with Crippen LogP contribution in [-0.4, -0.2) is 25.0 Å². The number of hydrogen-bond donors (Lipinski definition) is 2. The zero-order chi connectivity index (χ0) is 13.1. The van der Waals surface area contributed by atoms with Gasteiger partial charge in [-0.1, -0.05) is 0 Å². The van der Waals surface area contributed by atoms with Gasteiger partial charge in [-0.05, 0) is 19.4 Å². The lowest BCUT2D eigenvalue weighted by molar-refractivity contribution is 0.0922. The monoisotopic (exact) mass is 258 g/mol. The normalized spacial score (nSPS) is 19.6. The summed E-state index contributed by atoms with van der Waals surface area (Å²) < 4.78 is 39.4. The highest BCUT2D eigenvalue weighted by atomic mass is 19.1. The van der Waals surface area contributed by atoms with Crippen LogP contribution in [0.2, 0.25) is 0 Å². The van der Waals surface area contributed by atoms with Crippen molar-refractivity contribution in [2.45, 2.75) is 18.9 Å². The van der Waals surface area contributed by atoms with Crippen LogP contribution < -0.4 is 10.6 Å². The minimum absolute atomic E-state index is 0.157. The van der Waals surface area contributed by atoms with Gasteiger partial charge in [-0.15, -0.1) is 0 Å². The quantitative estimate of drug-likeness (QED) is 0.845. The first-order chi connectivity index (χ1) is 8.58. The highest BCUT2D eigenvalue weighted by molar-refractivity contribution is 5.94. The van der Waals surface area contributed by atoms with Gasteiger partial charge in [-0.3, -0.25) is 4.79 Å². The van der Waals surface area contributed by atoms with Crippen molar-refractivity contribution in [1.29, 1.82) is 0 Å². The lowest BCUT2D eigenvalue weighted by Gasteiger charge is -2.23. The van der Waals surface area contributed by atoms with E-state index in [-0.39, 0.29) is 6.04 Å². The van der Waals surface area contributed by atoms with E-state index in [4.69, 9.17) is 0 Å². The van der Waals surface area contributed by atoms with Gasteiger partial charge in [0.2, 0.25) is 0 Å². The molecule has 0 bridgehead atoms. The Morgan fingerprint density at radius 2 is 1.94 bits per heavy atom. The summed E-state index contributed by atoms with van der Waals surface area (Å²) in [5.74, 6) is -4.26. The minimum atomic E-state index is -1.19. The second kappa shape index (κ2) is 5.39. The predicted molar refractivity (Wildman–Crippen MR) is 59.7 cm³/mol. The average molecular weight is 258 g/mol. The highest BCUT2D eigenvalue weighted by Crippen LogP contribution is 2.15. The second-order valence-electron chi connectivity index (χ2n) is 4.26. The van der Waals surface area contributed by atoms with Gasteiger partial charge in [0.25, 0.3) is 5.91 Å². The summed E-state index contributed by atoms with van der Waals surface area (Å²) in [6.07, 6.45) is 1.64. The van der Waals surface area contributed by atoms with E-state index < -0.39 is 28.9 Å². The molecule has 1 saturated heterocycles. The molecule has 1 heterocycles. The third kappa shape index (κ3) is 2.81. The van der Waals surface area contributed by atoms with Gasteiger partial charge in [0, 0.05) is 24.7 Å². The maximum Gasteiger partial charge on any atom is 0.257 e. The summed E-state index contributed by atoms with van der Waals surface area (Å²) in [5.41, 5.74) is -0.734.